The van der Waals surface area contributed by atoms with Crippen molar-refractivity contribution < 1.29 is 9.32 Å². The van der Waals surface area contributed by atoms with Crippen LogP contribution in [0.3, 0.4) is 0 Å². The van der Waals surface area contributed by atoms with Gasteiger partial charge < -0.3 is 14.7 Å². The summed E-state index contributed by atoms with van der Waals surface area (Å²) in [6.45, 7) is 6.35. The number of benzene rings is 1. The van der Waals surface area contributed by atoms with E-state index in [1.165, 1.54) is 11.1 Å². The Morgan fingerprint density at radius 1 is 1.35 bits per heavy atom. The molecule has 2 aromatic rings. The van der Waals surface area contributed by atoms with Crippen LogP contribution in [0.2, 0.25) is 0 Å². The highest BCUT2D eigenvalue weighted by Gasteiger charge is 2.27. The average Bonchev–Trinajstić information content (AvgIpc) is 3.07. The van der Waals surface area contributed by atoms with Gasteiger partial charge in [-0.15, -0.1) is 12.4 Å². The largest absolute Gasteiger partial charge is 0.339 e. The second-order valence-corrected chi connectivity index (χ2v) is 6.49. The van der Waals surface area contributed by atoms with Crippen molar-refractivity contribution in [3.05, 3.63) is 47.1 Å². The van der Waals surface area contributed by atoms with E-state index < -0.39 is 0 Å². The second-order valence-electron chi connectivity index (χ2n) is 6.49. The highest BCUT2D eigenvalue weighted by molar-refractivity contribution is 5.85. The van der Waals surface area contributed by atoms with Crippen LogP contribution in [0.15, 0.2) is 28.8 Å². The molecule has 1 aromatic carbocycles. The Kier molecular flexibility index (Phi) is 7.60. The minimum Gasteiger partial charge on any atom is -0.339 e. The molecule has 1 N–H and O–H groups in total. The van der Waals surface area contributed by atoms with Crippen LogP contribution in [0.25, 0.3) is 0 Å². The van der Waals surface area contributed by atoms with Gasteiger partial charge >= 0.3 is 0 Å². The van der Waals surface area contributed by atoms with Crippen molar-refractivity contribution in [2.45, 2.75) is 45.6 Å². The number of aromatic nitrogens is 2. The van der Waals surface area contributed by atoms with Gasteiger partial charge in [0.25, 0.3) is 0 Å². The molecule has 6 nitrogen and oxygen atoms in total. The summed E-state index contributed by atoms with van der Waals surface area (Å²) < 4.78 is 5.11. The molecule has 1 amide bonds. The fraction of sp³-hybridized carbons (Fsp3) is 0.526. The first kappa shape index (κ1) is 20.4. The molecule has 3 rings (SSSR count). The molecule has 2 heterocycles. The molecule has 1 aliphatic heterocycles. The number of aryl methyl sites for hydroxylation is 3. The third kappa shape index (κ3) is 5.05. The maximum absolute atomic E-state index is 12.7. The van der Waals surface area contributed by atoms with Gasteiger partial charge in [-0.05, 0) is 30.9 Å². The van der Waals surface area contributed by atoms with Crippen molar-refractivity contribution >= 4 is 18.3 Å². The van der Waals surface area contributed by atoms with Gasteiger partial charge in [0.2, 0.25) is 11.8 Å². The molecule has 142 valence electrons. The summed E-state index contributed by atoms with van der Waals surface area (Å²) in [5.74, 6) is 1.44. The molecule has 0 bridgehead atoms. The number of rotatable bonds is 6. The first-order chi connectivity index (χ1) is 12.2. The van der Waals surface area contributed by atoms with Crippen LogP contribution in [0.1, 0.15) is 48.6 Å². The van der Waals surface area contributed by atoms with Gasteiger partial charge in [0, 0.05) is 32.5 Å². The molecule has 26 heavy (non-hydrogen) atoms. The minimum absolute atomic E-state index is 0. The fourth-order valence-electron chi connectivity index (χ4n) is 3.25. The van der Waals surface area contributed by atoms with Crippen LogP contribution >= 0.6 is 12.4 Å². The summed E-state index contributed by atoms with van der Waals surface area (Å²) in [4.78, 5) is 18.9. The third-order valence-electron chi connectivity index (χ3n) is 4.69. The van der Waals surface area contributed by atoms with Gasteiger partial charge in [0.1, 0.15) is 0 Å². The lowest BCUT2D eigenvalue weighted by Crippen LogP contribution is -2.48. The van der Waals surface area contributed by atoms with Crippen LogP contribution in [0.5, 0.6) is 0 Å². The summed E-state index contributed by atoms with van der Waals surface area (Å²) in [5.41, 5.74) is 2.52. The predicted octanol–water partition coefficient (Wildman–Crippen LogP) is 2.86. The monoisotopic (exact) mass is 378 g/mol. The zero-order valence-electron chi connectivity index (χ0n) is 15.4. The van der Waals surface area contributed by atoms with Crippen LogP contribution in [-0.2, 0) is 17.6 Å². The second kappa shape index (κ2) is 9.69. The lowest BCUT2D eigenvalue weighted by Gasteiger charge is -2.36. The van der Waals surface area contributed by atoms with E-state index in [2.05, 4.69) is 46.6 Å². The summed E-state index contributed by atoms with van der Waals surface area (Å²) >= 11 is 0. The maximum atomic E-state index is 12.7. The number of hydrogen-bond acceptors (Lipinski definition) is 5. The lowest BCUT2D eigenvalue weighted by molar-refractivity contribution is -0.134. The van der Waals surface area contributed by atoms with E-state index >= 15 is 0 Å². The van der Waals surface area contributed by atoms with E-state index in [4.69, 9.17) is 4.52 Å². The highest BCUT2D eigenvalue weighted by atomic mass is 35.5. The van der Waals surface area contributed by atoms with Crippen molar-refractivity contribution in [2.24, 2.45) is 0 Å². The molecule has 7 heteroatoms. The number of carbonyl (C=O) groups is 1. The fourth-order valence-corrected chi connectivity index (χ4v) is 3.25. The standard InChI is InChI=1S/C19H26N4O2.ClH/c1-3-15-7-9-16(10-8-15)17-13-20-11-12-23(17)19(24)6-4-5-18-21-14(2)22-25-18;/h7-10,17,20H,3-6,11-13H2,1-2H3;1H. The number of piperazine rings is 1. The Balaban J connectivity index is 0.00000243. The van der Waals surface area contributed by atoms with Gasteiger partial charge in [0.15, 0.2) is 5.82 Å². The zero-order chi connectivity index (χ0) is 17.6. The SMILES string of the molecule is CCc1ccc(C2CNCCN2C(=O)CCCc2nc(C)no2)cc1.Cl. The first-order valence-corrected chi connectivity index (χ1v) is 9.05. The molecule has 0 aliphatic carbocycles. The maximum Gasteiger partial charge on any atom is 0.226 e. The quantitative estimate of drug-likeness (QED) is 0.836. The first-order valence-electron chi connectivity index (χ1n) is 9.05. The Morgan fingerprint density at radius 2 is 2.12 bits per heavy atom. The van der Waals surface area contributed by atoms with E-state index in [0.717, 1.165) is 32.5 Å². The van der Waals surface area contributed by atoms with Crippen molar-refractivity contribution in [1.82, 2.24) is 20.4 Å². The molecule has 1 saturated heterocycles. The number of carbonyl (C=O) groups excluding carboxylic acids is 1. The highest BCUT2D eigenvalue weighted by Crippen LogP contribution is 2.24. The topological polar surface area (TPSA) is 71.3 Å². The van der Waals surface area contributed by atoms with E-state index in [-0.39, 0.29) is 24.4 Å². The van der Waals surface area contributed by atoms with Gasteiger partial charge in [0.05, 0.1) is 6.04 Å². The van der Waals surface area contributed by atoms with Crippen LogP contribution in [-0.4, -0.2) is 40.6 Å². The van der Waals surface area contributed by atoms with Crippen molar-refractivity contribution in [1.29, 1.82) is 0 Å². The predicted molar refractivity (Wildman–Crippen MR) is 102 cm³/mol. The molecule has 1 aliphatic rings. The molecular formula is C19H27ClN4O2. The third-order valence-corrected chi connectivity index (χ3v) is 4.69. The van der Waals surface area contributed by atoms with Crippen LogP contribution in [0, 0.1) is 6.92 Å². The molecule has 0 radical (unpaired) electrons. The number of nitrogens with one attached hydrogen (secondary N) is 1. The average molecular weight is 379 g/mol. The Hall–Kier alpha value is -1.92. The molecule has 1 atom stereocenters. The normalized spacial score (nSPS) is 17.0. The van der Waals surface area contributed by atoms with E-state index in [9.17, 15) is 4.79 Å². The molecule has 0 spiro atoms. The lowest BCUT2D eigenvalue weighted by atomic mass is 10.0. The Morgan fingerprint density at radius 3 is 2.77 bits per heavy atom. The Bertz CT molecular complexity index is 702. The van der Waals surface area contributed by atoms with Crippen molar-refractivity contribution in [3.8, 4) is 0 Å². The summed E-state index contributed by atoms with van der Waals surface area (Å²) in [6, 6.07) is 8.73. The van der Waals surface area contributed by atoms with E-state index in [0.29, 0.717) is 24.6 Å². The van der Waals surface area contributed by atoms with Crippen molar-refractivity contribution in [3.63, 3.8) is 0 Å². The van der Waals surface area contributed by atoms with Crippen LogP contribution in [0.4, 0.5) is 0 Å². The number of amides is 1. The van der Waals surface area contributed by atoms with Gasteiger partial charge in [-0.2, -0.15) is 4.98 Å². The summed E-state index contributed by atoms with van der Waals surface area (Å²) in [5, 5.41) is 7.18. The van der Waals surface area contributed by atoms with Gasteiger partial charge in [-0.3, -0.25) is 4.79 Å². The molecular weight excluding hydrogens is 352 g/mol. The smallest absolute Gasteiger partial charge is 0.226 e. The molecule has 1 fully saturated rings. The number of halogens is 1. The van der Waals surface area contributed by atoms with Crippen LogP contribution < -0.4 is 5.32 Å². The van der Waals surface area contributed by atoms with Gasteiger partial charge in [-0.25, -0.2) is 0 Å². The minimum atomic E-state index is 0. The Labute approximate surface area is 160 Å². The van der Waals surface area contributed by atoms with E-state index in [1.807, 2.05) is 4.90 Å². The molecule has 1 aromatic heterocycles. The summed E-state index contributed by atoms with van der Waals surface area (Å²) in [7, 11) is 0. The number of nitrogens with zero attached hydrogens (tertiary/aromatic N) is 3. The summed E-state index contributed by atoms with van der Waals surface area (Å²) in [6.07, 6.45) is 2.91. The van der Waals surface area contributed by atoms with E-state index in [1.54, 1.807) is 6.92 Å². The van der Waals surface area contributed by atoms with Crippen molar-refractivity contribution in [2.75, 3.05) is 19.6 Å². The van der Waals surface area contributed by atoms with Gasteiger partial charge in [-0.1, -0.05) is 36.3 Å². The molecule has 1 unspecified atom stereocenters. The molecule has 0 saturated carbocycles. The number of hydrogen-bond donors (Lipinski definition) is 1. The zero-order valence-corrected chi connectivity index (χ0v) is 16.2.